The molecule has 1 aliphatic rings. The van der Waals surface area contributed by atoms with Crippen LogP contribution in [0.5, 0.6) is 5.75 Å². The molecule has 19 heavy (non-hydrogen) atoms. The first-order valence-corrected chi connectivity index (χ1v) is 6.37. The fourth-order valence-electron chi connectivity index (χ4n) is 2.51. The van der Waals surface area contributed by atoms with Crippen LogP contribution in [0.2, 0.25) is 0 Å². The molecule has 1 aliphatic heterocycles. The molecule has 0 aromatic heterocycles. The summed E-state index contributed by atoms with van der Waals surface area (Å²) in [6, 6.07) is 14.8. The highest BCUT2D eigenvalue weighted by molar-refractivity contribution is 5.91. The van der Waals surface area contributed by atoms with Gasteiger partial charge in [0.15, 0.2) is 0 Å². The van der Waals surface area contributed by atoms with Gasteiger partial charge in [-0.15, -0.1) is 0 Å². The van der Waals surface area contributed by atoms with E-state index in [4.69, 9.17) is 0 Å². The zero-order valence-corrected chi connectivity index (χ0v) is 10.5. The number of carbonyl (C=O) groups excluding carboxylic acids is 1. The molecule has 1 atom stereocenters. The lowest BCUT2D eigenvalue weighted by Crippen LogP contribution is -2.16. The van der Waals surface area contributed by atoms with Crippen LogP contribution in [-0.2, 0) is 11.2 Å². The molecule has 0 fully saturated rings. The molecule has 0 bridgehead atoms. The van der Waals surface area contributed by atoms with Gasteiger partial charge in [-0.2, -0.15) is 0 Å². The second kappa shape index (κ2) is 4.76. The number of phenols is 1. The predicted molar refractivity (Wildman–Crippen MR) is 74.5 cm³/mol. The number of anilines is 1. The maximum atomic E-state index is 12.4. The van der Waals surface area contributed by atoms with Crippen molar-refractivity contribution in [2.24, 2.45) is 0 Å². The standard InChI is InChI=1S/C16H15NO2/c18-12-7-5-11(6-8-12)9-16(19)14-10-17-15-4-2-1-3-13(14)15/h1-8,14,17-18H,9-10H2. The Kier molecular flexibility index (Phi) is 2.95. The van der Waals surface area contributed by atoms with Gasteiger partial charge in [0.05, 0.1) is 5.92 Å². The van der Waals surface area contributed by atoms with Crippen LogP contribution < -0.4 is 5.32 Å². The monoisotopic (exact) mass is 253 g/mol. The van der Waals surface area contributed by atoms with Crippen LogP contribution in [0.15, 0.2) is 48.5 Å². The third-order valence-electron chi connectivity index (χ3n) is 3.54. The maximum Gasteiger partial charge on any atom is 0.146 e. The SMILES string of the molecule is O=C(Cc1ccc(O)cc1)C1CNc2ccccc21. The van der Waals surface area contributed by atoms with Crippen molar-refractivity contribution in [3.05, 3.63) is 59.7 Å². The van der Waals surface area contributed by atoms with Gasteiger partial charge in [0, 0.05) is 18.7 Å². The summed E-state index contributed by atoms with van der Waals surface area (Å²) < 4.78 is 0. The van der Waals surface area contributed by atoms with E-state index in [0.29, 0.717) is 13.0 Å². The van der Waals surface area contributed by atoms with Crippen LogP contribution in [-0.4, -0.2) is 17.4 Å². The number of hydrogen-bond acceptors (Lipinski definition) is 3. The van der Waals surface area contributed by atoms with Gasteiger partial charge in [0.1, 0.15) is 11.5 Å². The number of Topliss-reactive ketones (excluding diaryl/α,β-unsaturated/α-hetero) is 1. The Morgan fingerprint density at radius 1 is 1.16 bits per heavy atom. The molecule has 0 radical (unpaired) electrons. The Morgan fingerprint density at radius 2 is 1.89 bits per heavy atom. The molecule has 0 saturated carbocycles. The van der Waals surface area contributed by atoms with Gasteiger partial charge in [-0.25, -0.2) is 0 Å². The summed E-state index contributed by atoms with van der Waals surface area (Å²) in [4.78, 5) is 12.4. The van der Waals surface area contributed by atoms with E-state index in [1.165, 1.54) is 0 Å². The van der Waals surface area contributed by atoms with Gasteiger partial charge in [0.2, 0.25) is 0 Å². The summed E-state index contributed by atoms with van der Waals surface area (Å²) in [5, 5.41) is 12.5. The largest absolute Gasteiger partial charge is 0.508 e. The van der Waals surface area contributed by atoms with Crippen LogP contribution in [0, 0.1) is 0 Å². The van der Waals surface area contributed by atoms with Gasteiger partial charge >= 0.3 is 0 Å². The molecule has 3 heteroatoms. The van der Waals surface area contributed by atoms with Crippen molar-refractivity contribution in [3.63, 3.8) is 0 Å². The number of para-hydroxylation sites is 1. The molecule has 3 nitrogen and oxygen atoms in total. The van der Waals surface area contributed by atoms with Crippen molar-refractivity contribution in [1.29, 1.82) is 0 Å². The first-order chi connectivity index (χ1) is 9.24. The first kappa shape index (κ1) is 11.8. The molecule has 0 aliphatic carbocycles. The zero-order valence-electron chi connectivity index (χ0n) is 10.5. The van der Waals surface area contributed by atoms with Crippen molar-refractivity contribution >= 4 is 11.5 Å². The summed E-state index contributed by atoms with van der Waals surface area (Å²) in [6.07, 6.45) is 0.404. The molecular weight excluding hydrogens is 238 g/mol. The number of hydrogen-bond donors (Lipinski definition) is 2. The topological polar surface area (TPSA) is 49.3 Å². The van der Waals surface area contributed by atoms with Crippen molar-refractivity contribution in [1.82, 2.24) is 0 Å². The average Bonchev–Trinajstić information content (AvgIpc) is 2.85. The number of ketones is 1. The van der Waals surface area contributed by atoms with Crippen LogP contribution in [0.25, 0.3) is 0 Å². The smallest absolute Gasteiger partial charge is 0.146 e. The molecule has 96 valence electrons. The molecule has 3 rings (SSSR count). The van der Waals surface area contributed by atoms with Crippen LogP contribution in [0.4, 0.5) is 5.69 Å². The normalized spacial score (nSPS) is 16.7. The number of benzene rings is 2. The summed E-state index contributed by atoms with van der Waals surface area (Å²) in [7, 11) is 0. The van der Waals surface area contributed by atoms with Crippen LogP contribution in [0.3, 0.4) is 0 Å². The Morgan fingerprint density at radius 3 is 2.68 bits per heavy atom. The number of aromatic hydroxyl groups is 1. The predicted octanol–water partition coefficient (Wildman–Crippen LogP) is 2.71. The minimum absolute atomic E-state index is 0.0648. The van der Waals surface area contributed by atoms with Crippen molar-refractivity contribution in [2.45, 2.75) is 12.3 Å². The number of rotatable bonds is 3. The fraction of sp³-hybridized carbons (Fsp3) is 0.188. The summed E-state index contributed by atoms with van der Waals surface area (Å²) in [5.41, 5.74) is 3.09. The number of carbonyl (C=O) groups is 1. The van der Waals surface area contributed by atoms with Crippen LogP contribution in [0.1, 0.15) is 17.0 Å². The zero-order chi connectivity index (χ0) is 13.2. The Balaban J connectivity index is 1.77. The van der Waals surface area contributed by atoms with Gasteiger partial charge in [-0.3, -0.25) is 4.79 Å². The average molecular weight is 253 g/mol. The fourth-order valence-corrected chi connectivity index (χ4v) is 2.51. The maximum absolute atomic E-state index is 12.4. The van der Waals surface area contributed by atoms with Gasteiger partial charge < -0.3 is 10.4 Å². The van der Waals surface area contributed by atoms with E-state index in [0.717, 1.165) is 16.8 Å². The molecule has 2 aromatic carbocycles. The summed E-state index contributed by atoms with van der Waals surface area (Å²) in [5.74, 6) is 0.372. The first-order valence-electron chi connectivity index (χ1n) is 6.37. The number of nitrogens with one attached hydrogen (secondary N) is 1. The third kappa shape index (κ3) is 2.32. The van der Waals surface area contributed by atoms with Crippen molar-refractivity contribution in [2.75, 3.05) is 11.9 Å². The van der Waals surface area contributed by atoms with E-state index in [2.05, 4.69) is 5.32 Å². The van der Waals surface area contributed by atoms with E-state index in [1.54, 1.807) is 24.3 Å². The lowest BCUT2D eigenvalue weighted by atomic mass is 9.93. The third-order valence-corrected chi connectivity index (χ3v) is 3.54. The van der Waals surface area contributed by atoms with Gasteiger partial charge in [-0.05, 0) is 29.3 Å². The Bertz CT molecular complexity index is 604. The molecular formula is C16H15NO2. The lowest BCUT2D eigenvalue weighted by molar-refractivity contribution is -0.119. The highest BCUT2D eigenvalue weighted by atomic mass is 16.3. The lowest BCUT2D eigenvalue weighted by Gasteiger charge is -2.09. The highest BCUT2D eigenvalue weighted by Gasteiger charge is 2.27. The molecule has 1 unspecified atom stereocenters. The van der Waals surface area contributed by atoms with Crippen LogP contribution >= 0.6 is 0 Å². The molecule has 2 N–H and O–H groups in total. The number of fused-ring (bicyclic) bond motifs is 1. The molecule has 1 heterocycles. The van der Waals surface area contributed by atoms with E-state index in [-0.39, 0.29) is 17.5 Å². The van der Waals surface area contributed by atoms with E-state index < -0.39 is 0 Å². The van der Waals surface area contributed by atoms with E-state index in [1.807, 2.05) is 24.3 Å². The summed E-state index contributed by atoms with van der Waals surface area (Å²) >= 11 is 0. The molecule has 0 amide bonds. The summed E-state index contributed by atoms with van der Waals surface area (Å²) in [6.45, 7) is 0.677. The van der Waals surface area contributed by atoms with Gasteiger partial charge in [0.25, 0.3) is 0 Å². The second-order valence-corrected chi connectivity index (χ2v) is 4.83. The van der Waals surface area contributed by atoms with E-state index >= 15 is 0 Å². The molecule has 0 spiro atoms. The highest BCUT2D eigenvalue weighted by Crippen LogP contribution is 2.32. The minimum Gasteiger partial charge on any atom is -0.508 e. The Hall–Kier alpha value is -2.29. The molecule has 2 aromatic rings. The quantitative estimate of drug-likeness (QED) is 0.884. The van der Waals surface area contributed by atoms with Crippen molar-refractivity contribution < 1.29 is 9.90 Å². The second-order valence-electron chi connectivity index (χ2n) is 4.83. The molecule has 0 saturated heterocycles. The minimum atomic E-state index is -0.0648. The van der Waals surface area contributed by atoms with Crippen molar-refractivity contribution in [3.8, 4) is 5.75 Å². The Labute approximate surface area is 111 Å². The number of phenolic OH excluding ortho intramolecular Hbond substituents is 1. The van der Waals surface area contributed by atoms with Gasteiger partial charge in [-0.1, -0.05) is 30.3 Å². The van der Waals surface area contributed by atoms with E-state index in [9.17, 15) is 9.90 Å².